The maximum atomic E-state index is 4.57. The van der Waals surface area contributed by atoms with E-state index in [1.807, 2.05) is 11.8 Å². The Morgan fingerprint density at radius 1 is 1.40 bits per heavy atom. The first-order valence-electron chi connectivity index (χ1n) is 5.74. The molecule has 15 heavy (non-hydrogen) atoms. The van der Waals surface area contributed by atoms with E-state index >= 15 is 0 Å². The second-order valence-electron chi connectivity index (χ2n) is 3.50. The van der Waals surface area contributed by atoms with Crippen molar-refractivity contribution in [3.8, 4) is 0 Å². The Bertz CT molecular complexity index is 171. The molecule has 0 aliphatic rings. The van der Waals surface area contributed by atoms with Crippen molar-refractivity contribution in [3.05, 3.63) is 0 Å². The molecule has 4 heteroatoms. The fourth-order valence-electron chi connectivity index (χ4n) is 1.21. The fourth-order valence-corrected chi connectivity index (χ4v) is 1.49. The highest BCUT2D eigenvalue weighted by atomic mass is 32.2. The van der Waals surface area contributed by atoms with Crippen LogP contribution in [0.5, 0.6) is 0 Å². The summed E-state index contributed by atoms with van der Waals surface area (Å²) in [7, 11) is 2.11. The minimum atomic E-state index is 0.903. The zero-order valence-corrected chi connectivity index (χ0v) is 11.4. The molecule has 1 N–H and O–H groups in total. The van der Waals surface area contributed by atoms with E-state index in [2.05, 4.69) is 42.4 Å². The standard InChI is InChI=1S/C11H25N3S/c1-5-7-9-14(3)11(12-6-2)13-8-10-15-4/h5-10H2,1-4H3,(H,12,13). The molecule has 0 aromatic rings. The van der Waals surface area contributed by atoms with Gasteiger partial charge in [0.1, 0.15) is 0 Å². The predicted molar refractivity (Wildman–Crippen MR) is 71.9 cm³/mol. The molecule has 3 nitrogen and oxygen atoms in total. The van der Waals surface area contributed by atoms with Gasteiger partial charge in [0.05, 0.1) is 6.54 Å². The largest absolute Gasteiger partial charge is 0.357 e. The molecule has 0 aromatic heterocycles. The van der Waals surface area contributed by atoms with Gasteiger partial charge in [0.2, 0.25) is 0 Å². The molecule has 0 saturated heterocycles. The Labute approximate surface area is 98.7 Å². The van der Waals surface area contributed by atoms with Crippen LogP contribution in [0.2, 0.25) is 0 Å². The van der Waals surface area contributed by atoms with Gasteiger partial charge in [-0.1, -0.05) is 13.3 Å². The van der Waals surface area contributed by atoms with Crippen LogP contribution < -0.4 is 5.32 Å². The second kappa shape index (κ2) is 10.1. The average molecular weight is 231 g/mol. The smallest absolute Gasteiger partial charge is 0.193 e. The van der Waals surface area contributed by atoms with E-state index in [-0.39, 0.29) is 0 Å². The molecule has 0 atom stereocenters. The second-order valence-corrected chi connectivity index (χ2v) is 4.49. The van der Waals surface area contributed by atoms with Crippen molar-refractivity contribution < 1.29 is 0 Å². The number of nitrogens with one attached hydrogen (secondary N) is 1. The first-order chi connectivity index (χ1) is 7.26. The number of hydrogen-bond acceptors (Lipinski definition) is 2. The van der Waals surface area contributed by atoms with Gasteiger partial charge in [-0.2, -0.15) is 11.8 Å². The molecule has 0 spiro atoms. The van der Waals surface area contributed by atoms with Crippen molar-refractivity contribution >= 4 is 17.7 Å². The summed E-state index contributed by atoms with van der Waals surface area (Å²) in [5, 5.41) is 3.32. The van der Waals surface area contributed by atoms with Crippen molar-refractivity contribution in [1.29, 1.82) is 0 Å². The van der Waals surface area contributed by atoms with E-state index < -0.39 is 0 Å². The molecule has 0 rings (SSSR count). The van der Waals surface area contributed by atoms with Gasteiger partial charge in [-0.25, -0.2) is 0 Å². The van der Waals surface area contributed by atoms with Gasteiger partial charge in [-0.15, -0.1) is 0 Å². The molecule has 90 valence electrons. The molecule has 0 aliphatic carbocycles. The lowest BCUT2D eigenvalue weighted by molar-refractivity contribution is 0.465. The van der Waals surface area contributed by atoms with Gasteiger partial charge >= 0.3 is 0 Å². The van der Waals surface area contributed by atoms with Crippen LogP contribution in [0.1, 0.15) is 26.7 Å². The van der Waals surface area contributed by atoms with Gasteiger partial charge in [0.25, 0.3) is 0 Å². The molecule has 0 unspecified atom stereocenters. The van der Waals surface area contributed by atoms with Crippen LogP contribution in [0.25, 0.3) is 0 Å². The lowest BCUT2D eigenvalue weighted by atomic mass is 10.3. The Kier molecular flexibility index (Phi) is 9.89. The third-order valence-corrected chi connectivity index (χ3v) is 2.69. The zero-order valence-electron chi connectivity index (χ0n) is 10.5. The van der Waals surface area contributed by atoms with Crippen LogP contribution in [-0.4, -0.2) is 49.6 Å². The number of rotatable bonds is 7. The van der Waals surface area contributed by atoms with Crippen LogP contribution >= 0.6 is 11.8 Å². The summed E-state index contributed by atoms with van der Waals surface area (Å²) in [6.07, 6.45) is 4.57. The Morgan fingerprint density at radius 3 is 2.67 bits per heavy atom. The molecule has 0 bridgehead atoms. The third-order valence-electron chi connectivity index (χ3n) is 2.10. The summed E-state index contributed by atoms with van der Waals surface area (Å²) in [5.74, 6) is 2.14. The van der Waals surface area contributed by atoms with Crippen molar-refractivity contribution in [3.63, 3.8) is 0 Å². The van der Waals surface area contributed by atoms with E-state index in [1.165, 1.54) is 12.8 Å². The van der Waals surface area contributed by atoms with Crippen molar-refractivity contribution in [2.75, 3.05) is 38.7 Å². The molecule has 0 radical (unpaired) electrons. The van der Waals surface area contributed by atoms with E-state index in [4.69, 9.17) is 0 Å². The monoisotopic (exact) mass is 231 g/mol. The molecule has 0 fully saturated rings. The summed E-state index contributed by atoms with van der Waals surface area (Å²) >= 11 is 1.84. The fraction of sp³-hybridized carbons (Fsp3) is 0.909. The van der Waals surface area contributed by atoms with Crippen LogP contribution in [0.15, 0.2) is 4.99 Å². The molecule has 0 aliphatic heterocycles. The van der Waals surface area contributed by atoms with Crippen LogP contribution in [-0.2, 0) is 0 Å². The van der Waals surface area contributed by atoms with Gasteiger partial charge in [-0.3, -0.25) is 4.99 Å². The van der Waals surface area contributed by atoms with Gasteiger partial charge < -0.3 is 10.2 Å². The van der Waals surface area contributed by atoms with E-state index in [0.29, 0.717) is 0 Å². The minimum Gasteiger partial charge on any atom is -0.357 e. The highest BCUT2D eigenvalue weighted by molar-refractivity contribution is 7.98. The summed E-state index contributed by atoms with van der Waals surface area (Å²) in [6.45, 7) is 7.25. The quantitative estimate of drug-likeness (QED) is 0.413. The topological polar surface area (TPSA) is 27.6 Å². The van der Waals surface area contributed by atoms with Crippen molar-refractivity contribution in [2.24, 2.45) is 4.99 Å². The Balaban J connectivity index is 4.04. The van der Waals surface area contributed by atoms with Gasteiger partial charge in [0, 0.05) is 25.9 Å². The SMILES string of the molecule is CCCCN(C)C(=NCCSC)NCC. The predicted octanol–water partition coefficient (Wildman–Crippen LogP) is 2.05. The van der Waals surface area contributed by atoms with Crippen molar-refractivity contribution in [2.45, 2.75) is 26.7 Å². The Morgan fingerprint density at radius 2 is 2.13 bits per heavy atom. The normalized spacial score (nSPS) is 11.6. The maximum absolute atomic E-state index is 4.57. The lowest BCUT2D eigenvalue weighted by Gasteiger charge is -2.21. The van der Waals surface area contributed by atoms with E-state index in [0.717, 1.165) is 31.3 Å². The molecule has 0 saturated carbocycles. The average Bonchev–Trinajstić information content (AvgIpc) is 2.25. The molecular formula is C11H25N3S. The maximum Gasteiger partial charge on any atom is 0.193 e. The van der Waals surface area contributed by atoms with Gasteiger partial charge in [-0.05, 0) is 19.6 Å². The summed E-state index contributed by atoms with van der Waals surface area (Å²) in [5.41, 5.74) is 0. The minimum absolute atomic E-state index is 0.903. The Hall–Kier alpha value is -0.380. The summed E-state index contributed by atoms with van der Waals surface area (Å²) < 4.78 is 0. The lowest BCUT2D eigenvalue weighted by Crippen LogP contribution is -2.39. The number of nitrogens with zero attached hydrogens (tertiary/aromatic N) is 2. The summed E-state index contributed by atoms with van der Waals surface area (Å²) in [4.78, 5) is 6.78. The van der Waals surface area contributed by atoms with Crippen LogP contribution in [0, 0.1) is 0 Å². The third kappa shape index (κ3) is 7.54. The summed E-state index contributed by atoms with van der Waals surface area (Å²) in [6, 6.07) is 0. The number of thioether (sulfide) groups is 1. The molecule has 0 heterocycles. The van der Waals surface area contributed by atoms with E-state index in [1.54, 1.807) is 0 Å². The number of guanidine groups is 1. The van der Waals surface area contributed by atoms with E-state index in [9.17, 15) is 0 Å². The molecule has 0 aromatic carbocycles. The molecule has 0 amide bonds. The number of hydrogen-bond donors (Lipinski definition) is 1. The highest BCUT2D eigenvalue weighted by Crippen LogP contribution is 1.95. The zero-order chi connectivity index (χ0) is 11.5. The number of aliphatic imine (C=N–C) groups is 1. The van der Waals surface area contributed by atoms with Crippen molar-refractivity contribution in [1.82, 2.24) is 10.2 Å². The van der Waals surface area contributed by atoms with Gasteiger partial charge in [0.15, 0.2) is 5.96 Å². The first kappa shape index (κ1) is 14.6. The molecular weight excluding hydrogens is 206 g/mol. The highest BCUT2D eigenvalue weighted by Gasteiger charge is 2.03. The van der Waals surface area contributed by atoms with Crippen LogP contribution in [0.4, 0.5) is 0 Å². The first-order valence-corrected chi connectivity index (χ1v) is 7.14. The van der Waals surface area contributed by atoms with Crippen LogP contribution in [0.3, 0.4) is 0 Å². The number of unbranched alkanes of at least 4 members (excludes halogenated alkanes) is 1.